The van der Waals surface area contributed by atoms with Crippen LogP contribution in [0.4, 0.5) is 0 Å². The lowest BCUT2D eigenvalue weighted by Crippen LogP contribution is -2.21. The second-order valence-electron chi connectivity index (χ2n) is 8.29. The van der Waals surface area contributed by atoms with Crippen molar-refractivity contribution in [2.24, 2.45) is 0 Å². The van der Waals surface area contributed by atoms with Crippen LogP contribution in [-0.2, 0) is 14.6 Å². The molecule has 2 atom stereocenters. The lowest BCUT2D eigenvalue weighted by atomic mass is 9.92. The molecule has 5 rings (SSSR count). The summed E-state index contributed by atoms with van der Waals surface area (Å²) in [4.78, 5) is 18.0. The molecule has 0 radical (unpaired) electrons. The number of hydrogen-bond acceptors (Lipinski definition) is 8. The van der Waals surface area contributed by atoms with E-state index in [9.17, 15) is 8.42 Å². The molecule has 30 heavy (non-hydrogen) atoms. The van der Waals surface area contributed by atoms with Gasteiger partial charge in [-0.2, -0.15) is 5.10 Å². The average molecular weight is 429 g/mol. The quantitative estimate of drug-likeness (QED) is 0.583. The molecule has 2 aliphatic rings. The zero-order chi connectivity index (χ0) is 21.0. The smallest absolute Gasteiger partial charge is 0.195 e. The Hall–Kier alpha value is -2.46. The second kappa shape index (κ2) is 7.05. The molecule has 0 amide bonds. The van der Waals surface area contributed by atoms with Gasteiger partial charge in [-0.3, -0.25) is 4.68 Å². The molecule has 0 N–H and O–H groups in total. The molecule has 3 aromatic rings. The number of hydrogen-bond donors (Lipinski definition) is 0. The highest BCUT2D eigenvalue weighted by atomic mass is 32.2. The largest absolute Gasteiger partial charge is 0.373 e. The summed E-state index contributed by atoms with van der Waals surface area (Å²) in [5.41, 5.74) is 3.00. The predicted molar refractivity (Wildman–Crippen MR) is 109 cm³/mol. The van der Waals surface area contributed by atoms with Gasteiger partial charge < -0.3 is 4.74 Å². The summed E-state index contributed by atoms with van der Waals surface area (Å²) in [5, 5.41) is 4.41. The predicted octanol–water partition coefficient (Wildman–Crippen LogP) is 2.61. The molecule has 9 nitrogen and oxygen atoms in total. The third-order valence-corrected chi connectivity index (χ3v) is 6.83. The van der Waals surface area contributed by atoms with Crippen LogP contribution < -0.4 is 0 Å². The van der Waals surface area contributed by atoms with Crippen LogP contribution >= 0.6 is 0 Å². The highest BCUT2D eigenvalue weighted by molar-refractivity contribution is 7.90. The van der Waals surface area contributed by atoms with E-state index in [-0.39, 0.29) is 22.6 Å². The summed E-state index contributed by atoms with van der Waals surface area (Å²) >= 11 is 0. The van der Waals surface area contributed by atoms with Crippen molar-refractivity contribution in [2.45, 2.75) is 62.6 Å². The number of ether oxygens (including phenoxy) is 1. The van der Waals surface area contributed by atoms with E-state index in [1.54, 1.807) is 6.92 Å². The molecule has 10 heteroatoms. The Morgan fingerprint density at radius 1 is 1.07 bits per heavy atom. The van der Waals surface area contributed by atoms with Crippen LogP contribution in [0.2, 0.25) is 0 Å². The summed E-state index contributed by atoms with van der Waals surface area (Å²) < 4.78 is 32.9. The van der Waals surface area contributed by atoms with Crippen LogP contribution in [0.25, 0.3) is 11.2 Å². The SMILES string of the molecule is Cc1nc2nc([C@H]3CCO[C@@H](c4cnn(C5CC5)c4)C3)nc(S(C)(=O)=O)c2nc1C. The van der Waals surface area contributed by atoms with Crippen molar-refractivity contribution >= 4 is 21.0 Å². The average Bonchev–Trinajstić information content (AvgIpc) is 3.44. The topological polar surface area (TPSA) is 113 Å². The third kappa shape index (κ3) is 3.58. The summed E-state index contributed by atoms with van der Waals surface area (Å²) in [7, 11) is -3.58. The molecule has 1 aliphatic heterocycles. The minimum atomic E-state index is -3.58. The summed E-state index contributed by atoms with van der Waals surface area (Å²) in [6.45, 7) is 4.19. The van der Waals surface area contributed by atoms with Crippen molar-refractivity contribution in [3.8, 4) is 0 Å². The summed E-state index contributed by atoms with van der Waals surface area (Å²) in [6.07, 6.45) is 8.71. The molecule has 1 saturated carbocycles. The van der Waals surface area contributed by atoms with Gasteiger partial charge in [-0.1, -0.05) is 0 Å². The van der Waals surface area contributed by atoms with E-state index in [0.29, 0.717) is 36.2 Å². The number of sulfone groups is 1. The second-order valence-corrected chi connectivity index (χ2v) is 10.2. The van der Waals surface area contributed by atoms with E-state index in [4.69, 9.17) is 4.74 Å². The van der Waals surface area contributed by atoms with Gasteiger partial charge in [0.2, 0.25) is 0 Å². The van der Waals surface area contributed by atoms with Gasteiger partial charge in [0.25, 0.3) is 0 Å². The molecule has 2 fully saturated rings. The Kier molecular flexibility index (Phi) is 4.59. The molecule has 0 unspecified atom stereocenters. The van der Waals surface area contributed by atoms with Gasteiger partial charge >= 0.3 is 0 Å². The molecule has 158 valence electrons. The lowest BCUT2D eigenvalue weighted by molar-refractivity contribution is 0.00386. The van der Waals surface area contributed by atoms with E-state index < -0.39 is 9.84 Å². The van der Waals surface area contributed by atoms with Crippen molar-refractivity contribution in [3.63, 3.8) is 0 Å². The standard InChI is InChI=1S/C20H24N6O3S/c1-11-12(2)23-19-17(22-11)20(30(3,27)28)25-18(24-19)13-6-7-29-16(8-13)14-9-21-26(10-14)15-4-5-15/h9-10,13,15-16H,4-8H2,1-3H3/t13-,16+/m0/s1. The normalized spacial score (nSPS) is 22.5. The zero-order valence-corrected chi connectivity index (χ0v) is 18.1. The fraction of sp³-hybridized carbons (Fsp3) is 0.550. The maximum Gasteiger partial charge on any atom is 0.195 e. The van der Waals surface area contributed by atoms with E-state index in [2.05, 4.69) is 31.2 Å². The van der Waals surface area contributed by atoms with Crippen LogP contribution in [0, 0.1) is 13.8 Å². The Bertz CT molecular complexity index is 1230. The van der Waals surface area contributed by atoms with Gasteiger partial charge in [0.05, 0.1) is 29.7 Å². The van der Waals surface area contributed by atoms with E-state index >= 15 is 0 Å². The van der Waals surface area contributed by atoms with Crippen LogP contribution in [0.5, 0.6) is 0 Å². The van der Waals surface area contributed by atoms with Gasteiger partial charge in [-0.15, -0.1) is 0 Å². The fourth-order valence-corrected chi connectivity index (χ4v) is 4.61. The van der Waals surface area contributed by atoms with Gasteiger partial charge in [0.1, 0.15) is 11.3 Å². The van der Waals surface area contributed by atoms with Crippen LogP contribution in [0.1, 0.15) is 66.5 Å². The van der Waals surface area contributed by atoms with Crippen LogP contribution in [0.3, 0.4) is 0 Å². The first-order chi connectivity index (χ1) is 14.3. The molecular weight excluding hydrogens is 404 g/mol. The third-order valence-electron chi connectivity index (χ3n) is 5.84. The minimum Gasteiger partial charge on any atom is -0.373 e. The number of aryl methyl sites for hydroxylation is 2. The first kappa shape index (κ1) is 19.5. The number of fused-ring (bicyclic) bond motifs is 1. The molecule has 3 aromatic heterocycles. The van der Waals surface area contributed by atoms with Crippen molar-refractivity contribution in [1.82, 2.24) is 29.7 Å². The van der Waals surface area contributed by atoms with Crippen molar-refractivity contribution in [1.29, 1.82) is 0 Å². The lowest BCUT2D eigenvalue weighted by Gasteiger charge is -2.28. The van der Waals surface area contributed by atoms with E-state index in [1.165, 1.54) is 12.8 Å². The monoisotopic (exact) mass is 428 g/mol. The molecular formula is C20H24N6O3S. The summed E-state index contributed by atoms with van der Waals surface area (Å²) in [6, 6.07) is 0.518. The number of aromatic nitrogens is 6. The van der Waals surface area contributed by atoms with E-state index in [0.717, 1.165) is 23.9 Å². The first-order valence-corrected chi connectivity index (χ1v) is 12.1. The van der Waals surface area contributed by atoms with Crippen LogP contribution in [0.15, 0.2) is 17.4 Å². The summed E-state index contributed by atoms with van der Waals surface area (Å²) in [5.74, 6) is 0.463. The van der Waals surface area contributed by atoms with Gasteiger partial charge in [-0.05, 0) is 39.5 Å². The zero-order valence-electron chi connectivity index (χ0n) is 17.2. The molecule has 0 bridgehead atoms. The highest BCUT2D eigenvalue weighted by Crippen LogP contribution is 2.39. The van der Waals surface area contributed by atoms with Crippen molar-refractivity contribution < 1.29 is 13.2 Å². The van der Waals surface area contributed by atoms with Gasteiger partial charge in [0, 0.05) is 30.5 Å². The van der Waals surface area contributed by atoms with Gasteiger partial charge in [-0.25, -0.2) is 28.4 Å². The number of rotatable bonds is 4. The maximum absolute atomic E-state index is 12.4. The Labute approximate surface area is 174 Å². The van der Waals surface area contributed by atoms with Gasteiger partial charge in [0.15, 0.2) is 20.5 Å². The van der Waals surface area contributed by atoms with Crippen molar-refractivity contribution in [2.75, 3.05) is 12.9 Å². The minimum absolute atomic E-state index is 0.0265. The highest BCUT2D eigenvalue weighted by Gasteiger charge is 2.31. The Balaban J connectivity index is 1.52. The fourth-order valence-electron chi connectivity index (χ4n) is 3.87. The molecule has 0 spiro atoms. The maximum atomic E-state index is 12.4. The first-order valence-electron chi connectivity index (χ1n) is 10.2. The molecule has 0 aromatic carbocycles. The van der Waals surface area contributed by atoms with Crippen LogP contribution in [-0.4, -0.2) is 51.0 Å². The molecule has 1 aliphatic carbocycles. The Morgan fingerprint density at radius 3 is 2.57 bits per heavy atom. The number of nitrogens with zero attached hydrogens (tertiary/aromatic N) is 6. The Morgan fingerprint density at radius 2 is 1.83 bits per heavy atom. The molecule has 1 saturated heterocycles. The van der Waals surface area contributed by atoms with E-state index in [1.807, 2.05) is 17.8 Å². The van der Waals surface area contributed by atoms with Crippen molar-refractivity contribution in [3.05, 3.63) is 35.2 Å². The molecule has 4 heterocycles.